The van der Waals surface area contributed by atoms with Crippen LogP contribution in [0, 0.1) is 0 Å². The molecule has 1 heterocycles. The lowest BCUT2D eigenvalue weighted by atomic mass is 10.1. The first-order valence-electron chi connectivity index (χ1n) is 8.89. The third-order valence-electron chi connectivity index (χ3n) is 5.71. The van der Waals surface area contributed by atoms with Gasteiger partial charge in [0.25, 0.3) is 0 Å². The van der Waals surface area contributed by atoms with Crippen molar-refractivity contribution in [3.8, 4) is 0 Å². The number of amides is 1. The fourth-order valence-electron chi connectivity index (χ4n) is 4.28. The van der Waals surface area contributed by atoms with E-state index in [0.29, 0.717) is 25.9 Å². The SMILES string of the molecule is O=C(CS(=O)(=O)C1CCCC1)N1CCN([C@@H]2CCC[C@@H]2O)CC1. The second kappa shape index (κ2) is 7.07. The second-order valence-electron chi connectivity index (χ2n) is 7.20. The van der Waals surface area contributed by atoms with Gasteiger partial charge in [0.1, 0.15) is 5.75 Å². The van der Waals surface area contributed by atoms with Gasteiger partial charge >= 0.3 is 0 Å². The summed E-state index contributed by atoms with van der Waals surface area (Å²) in [6.07, 6.45) is 6.03. The van der Waals surface area contributed by atoms with Crippen LogP contribution in [0.4, 0.5) is 0 Å². The van der Waals surface area contributed by atoms with Gasteiger partial charge in [0.2, 0.25) is 5.91 Å². The molecular weight excluding hydrogens is 316 g/mol. The number of nitrogens with zero attached hydrogens (tertiary/aromatic N) is 2. The zero-order valence-electron chi connectivity index (χ0n) is 13.7. The van der Waals surface area contributed by atoms with E-state index < -0.39 is 9.84 Å². The van der Waals surface area contributed by atoms with E-state index in [1.54, 1.807) is 4.90 Å². The van der Waals surface area contributed by atoms with Crippen LogP contribution in [0.2, 0.25) is 0 Å². The summed E-state index contributed by atoms with van der Waals surface area (Å²) < 4.78 is 24.6. The van der Waals surface area contributed by atoms with E-state index in [2.05, 4.69) is 4.90 Å². The Bertz CT molecular complexity index is 522. The van der Waals surface area contributed by atoms with Gasteiger partial charge in [-0.05, 0) is 32.1 Å². The topological polar surface area (TPSA) is 77.9 Å². The van der Waals surface area contributed by atoms with Gasteiger partial charge in [0.15, 0.2) is 9.84 Å². The highest BCUT2D eigenvalue weighted by Crippen LogP contribution is 2.26. The van der Waals surface area contributed by atoms with Gasteiger partial charge in [-0.25, -0.2) is 8.42 Å². The van der Waals surface area contributed by atoms with Crippen molar-refractivity contribution >= 4 is 15.7 Å². The average Bonchev–Trinajstić information content (AvgIpc) is 3.18. The molecule has 0 aromatic rings. The monoisotopic (exact) mass is 344 g/mol. The van der Waals surface area contributed by atoms with Crippen LogP contribution in [-0.4, -0.2) is 78.6 Å². The molecule has 3 aliphatic rings. The van der Waals surface area contributed by atoms with Crippen molar-refractivity contribution in [2.45, 2.75) is 62.3 Å². The van der Waals surface area contributed by atoms with Gasteiger partial charge in [0.05, 0.1) is 11.4 Å². The first-order valence-corrected chi connectivity index (χ1v) is 10.6. The minimum atomic E-state index is -3.29. The third-order valence-corrected chi connectivity index (χ3v) is 7.85. The van der Waals surface area contributed by atoms with Crippen molar-refractivity contribution in [3.63, 3.8) is 0 Å². The average molecular weight is 344 g/mol. The Morgan fingerprint density at radius 2 is 1.61 bits per heavy atom. The van der Waals surface area contributed by atoms with Crippen LogP contribution in [0.3, 0.4) is 0 Å². The van der Waals surface area contributed by atoms with E-state index in [9.17, 15) is 18.3 Å². The lowest BCUT2D eigenvalue weighted by Gasteiger charge is -2.39. The van der Waals surface area contributed by atoms with Crippen molar-refractivity contribution in [2.24, 2.45) is 0 Å². The smallest absolute Gasteiger partial charge is 0.237 e. The fourth-order valence-corrected chi connectivity index (χ4v) is 6.09. The molecule has 0 radical (unpaired) electrons. The van der Waals surface area contributed by atoms with Crippen LogP contribution in [0.1, 0.15) is 44.9 Å². The number of carbonyl (C=O) groups excluding carboxylic acids is 1. The lowest BCUT2D eigenvalue weighted by molar-refractivity contribution is -0.130. The fraction of sp³-hybridized carbons (Fsp3) is 0.938. The number of hydrogen-bond donors (Lipinski definition) is 1. The van der Waals surface area contributed by atoms with E-state index >= 15 is 0 Å². The van der Waals surface area contributed by atoms with Gasteiger partial charge in [-0.3, -0.25) is 9.69 Å². The Balaban J connectivity index is 1.50. The molecule has 7 heteroatoms. The van der Waals surface area contributed by atoms with Crippen molar-refractivity contribution in [2.75, 3.05) is 31.9 Å². The highest BCUT2D eigenvalue weighted by Gasteiger charge is 2.35. The van der Waals surface area contributed by atoms with Gasteiger partial charge in [-0.2, -0.15) is 0 Å². The van der Waals surface area contributed by atoms with Crippen LogP contribution >= 0.6 is 0 Å². The highest BCUT2D eigenvalue weighted by molar-refractivity contribution is 7.92. The molecule has 3 fully saturated rings. The number of carbonyl (C=O) groups is 1. The molecule has 1 N–H and O–H groups in total. The van der Waals surface area contributed by atoms with Crippen molar-refractivity contribution in [1.82, 2.24) is 9.80 Å². The summed E-state index contributed by atoms with van der Waals surface area (Å²) in [5.41, 5.74) is 0. The van der Waals surface area contributed by atoms with Crippen LogP contribution in [0.15, 0.2) is 0 Å². The Labute approximate surface area is 138 Å². The molecule has 0 unspecified atom stereocenters. The standard InChI is InChI=1S/C16H28N2O4S/c19-15-7-3-6-14(15)17-8-10-18(11-9-17)16(20)12-23(21,22)13-4-1-2-5-13/h13-15,19H,1-12H2/t14-,15+/m1/s1. The first kappa shape index (κ1) is 17.2. The van der Waals surface area contributed by atoms with Crippen LogP contribution in [0.25, 0.3) is 0 Å². The minimum absolute atomic E-state index is 0.217. The molecule has 1 aliphatic heterocycles. The molecule has 3 rings (SSSR count). The molecule has 2 aliphatic carbocycles. The molecule has 1 amide bonds. The summed E-state index contributed by atoms with van der Waals surface area (Å²) in [4.78, 5) is 16.3. The maximum absolute atomic E-state index is 12.3. The Morgan fingerprint density at radius 1 is 0.957 bits per heavy atom. The predicted molar refractivity (Wildman–Crippen MR) is 87.8 cm³/mol. The summed E-state index contributed by atoms with van der Waals surface area (Å²) in [6.45, 7) is 2.61. The summed E-state index contributed by atoms with van der Waals surface area (Å²) in [6, 6.07) is 0.217. The normalized spacial score (nSPS) is 30.9. The van der Waals surface area contributed by atoms with Crippen LogP contribution in [-0.2, 0) is 14.6 Å². The number of aliphatic hydroxyl groups is 1. The molecule has 1 saturated heterocycles. The van der Waals surface area contributed by atoms with Crippen molar-refractivity contribution in [1.29, 1.82) is 0 Å². The first-order chi connectivity index (χ1) is 11.0. The molecule has 23 heavy (non-hydrogen) atoms. The largest absolute Gasteiger partial charge is 0.391 e. The quantitative estimate of drug-likeness (QED) is 0.799. The minimum Gasteiger partial charge on any atom is -0.391 e. The predicted octanol–water partition coefficient (Wildman–Crippen LogP) is 0.401. The number of aliphatic hydroxyl groups excluding tert-OH is 1. The maximum Gasteiger partial charge on any atom is 0.237 e. The van der Waals surface area contributed by atoms with E-state index in [1.165, 1.54) is 0 Å². The summed E-state index contributed by atoms with van der Waals surface area (Å²) in [7, 11) is -3.29. The molecule has 132 valence electrons. The molecule has 0 bridgehead atoms. The molecule has 6 nitrogen and oxygen atoms in total. The van der Waals surface area contributed by atoms with E-state index in [-0.39, 0.29) is 29.1 Å². The molecule has 2 saturated carbocycles. The van der Waals surface area contributed by atoms with E-state index in [4.69, 9.17) is 0 Å². The van der Waals surface area contributed by atoms with Gasteiger partial charge in [-0.15, -0.1) is 0 Å². The number of rotatable bonds is 4. The summed E-state index contributed by atoms with van der Waals surface area (Å²) >= 11 is 0. The third kappa shape index (κ3) is 3.88. The number of piperazine rings is 1. The van der Waals surface area contributed by atoms with Gasteiger partial charge in [0, 0.05) is 32.2 Å². The van der Waals surface area contributed by atoms with Crippen LogP contribution < -0.4 is 0 Å². The second-order valence-corrected chi connectivity index (χ2v) is 9.48. The van der Waals surface area contributed by atoms with Gasteiger partial charge < -0.3 is 10.0 Å². The molecule has 0 spiro atoms. The highest BCUT2D eigenvalue weighted by atomic mass is 32.2. The maximum atomic E-state index is 12.3. The Kier molecular flexibility index (Phi) is 5.28. The number of hydrogen-bond acceptors (Lipinski definition) is 5. The number of sulfone groups is 1. The molecule has 0 aromatic carbocycles. The lowest BCUT2D eigenvalue weighted by Crippen LogP contribution is -2.54. The Hall–Kier alpha value is -0.660. The molecule has 2 atom stereocenters. The van der Waals surface area contributed by atoms with E-state index in [1.807, 2.05) is 0 Å². The summed E-state index contributed by atoms with van der Waals surface area (Å²) in [5.74, 6) is -0.576. The van der Waals surface area contributed by atoms with E-state index in [0.717, 1.165) is 45.2 Å². The van der Waals surface area contributed by atoms with Crippen molar-refractivity contribution < 1.29 is 18.3 Å². The van der Waals surface area contributed by atoms with Gasteiger partial charge in [-0.1, -0.05) is 12.8 Å². The Morgan fingerprint density at radius 3 is 2.17 bits per heavy atom. The zero-order chi connectivity index (χ0) is 16.4. The molecule has 0 aromatic heterocycles. The zero-order valence-corrected chi connectivity index (χ0v) is 14.5. The van der Waals surface area contributed by atoms with Crippen LogP contribution in [0.5, 0.6) is 0 Å². The summed E-state index contributed by atoms with van der Waals surface area (Å²) in [5, 5.41) is 9.68. The molecular formula is C16H28N2O4S. The van der Waals surface area contributed by atoms with Crippen molar-refractivity contribution in [3.05, 3.63) is 0 Å².